The van der Waals surface area contributed by atoms with Crippen molar-refractivity contribution in [3.05, 3.63) is 29.3 Å². The number of amides is 1. The van der Waals surface area contributed by atoms with E-state index in [0.717, 1.165) is 0 Å². The van der Waals surface area contributed by atoms with Crippen LogP contribution in [0.15, 0.2) is 18.2 Å². The maximum atomic E-state index is 12.4. The summed E-state index contributed by atoms with van der Waals surface area (Å²) in [6.45, 7) is 1.94. The Kier molecular flexibility index (Phi) is 3.94. The van der Waals surface area contributed by atoms with Gasteiger partial charge in [0.1, 0.15) is 11.8 Å². The molecule has 1 saturated heterocycles. The van der Waals surface area contributed by atoms with E-state index in [-0.39, 0.29) is 30.7 Å². The van der Waals surface area contributed by atoms with Crippen LogP contribution in [0.1, 0.15) is 22.3 Å². The van der Waals surface area contributed by atoms with Crippen molar-refractivity contribution in [3.63, 3.8) is 0 Å². The SMILES string of the molecule is COC1CC(C(=O)O)N(C(=O)c2ccc(O)c(C)c2)C1. The van der Waals surface area contributed by atoms with Gasteiger partial charge in [-0.25, -0.2) is 4.79 Å². The molecule has 0 bridgehead atoms. The molecule has 2 rings (SSSR count). The smallest absolute Gasteiger partial charge is 0.326 e. The number of carbonyl (C=O) groups excluding carboxylic acids is 1. The number of aromatic hydroxyl groups is 1. The summed E-state index contributed by atoms with van der Waals surface area (Å²) >= 11 is 0. The maximum Gasteiger partial charge on any atom is 0.326 e. The first kappa shape index (κ1) is 14.3. The summed E-state index contributed by atoms with van der Waals surface area (Å²) in [5.74, 6) is -1.29. The van der Waals surface area contributed by atoms with Gasteiger partial charge in [-0.15, -0.1) is 0 Å². The average molecular weight is 279 g/mol. The number of rotatable bonds is 3. The number of phenols is 1. The van der Waals surface area contributed by atoms with Crippen molar-refractivity contribution in [2.45, 2.75) is 25.5 Å². The Hall–Kier alpha value is -2.08. The van der Waals surface area contributed by atoms with Gasteiger partial charge < -0.3 is 19.8 Å². The lowest BCUT2D eigenvalue weighted by Gasteiger charge is -2.21. The topological polar surface area (TPSA) is 87.1 Å². The molecule has 1 aromatic carbocycles. The van der Waals surface area contributed by atoms with E-state index in [1.165, 1.54) is 24.1 Å². The third-order valence-corrected chi connectivity index (χ3v) is 3.59. The number of carbonyl (C=O) groups is 2. The predicted molar refractivity (Wildman–Crippen MR) is 70.7 cm³/mol. The number of nitrogens with zero attached hydrogens (tertiary/aromatic N) is 1. The van der Waals surface area contributed by atoms with Gasteiger partial charge in [0, 0.05) is 25.6 Å². The Bertz CT molecular complexity index is 542. The number of likely N-dealkylation sites (tertiary alicyclic amines) is 1. The first-order valence-electron chi connectivity index (χ1n) is 6.30. The number of methoxy groups -OCH3 is 1. The average Bonchev–Trinajstić information content (AvgIpc) is 2.85. The molecular weight excluding hydrogens is 262 g/mol. The van der Waals surface area contributed by atoms with Crippen LogP contribution in [-0.4, -0.2) is 52.8 Å². The highest BCUT2D eigenvalue weighted by Gasteiger charge is 2.40. The minimum absolute atomic E-state index is 0.104. The zero-order chi connectivity index (χ0) is 14.9. The first-order chi connectivity index (χ1) is 9.43. The lowest BCUT2D eigenvalue weighted by molar-refractivity contribution is -0.141. The molecule has 6 heteroatoms. The zero-order valence-corrected chi connectivity index (χ0v) is 11.4. The van der Waals surface area contributed by atoms with Crippen LogP contribution in [0.5, 0.6) is 5.75 Å². The fraction of sp³-hybridized carbons (Fsp3) is 0.429. The minimum Gasteiger partial charge on any atom is -0.508 e. The molecule has 1 aliphatic rings. The van der Waals surface area contributed by atoms with E-state index in [4.69, 9.17) is 4.74 Å². The minimum atomic E-state index is -1.03. The van der Waals surface area contributed by atoms with Crippen LogP contribution in [0, 0.1) is 6.92 Å². The van der Waals surface area contributed by atoms with Gasteiger partial charge in [0.25, 0.3) is 5.91 Å². The molecule has 6 nitrogen and oxygen atoms in total. The summed E-state index contributed by atoms with van der Waals surface area (Å²) in [5.41, 5.74) is 0.938. The van der Waals surface area contributed by atoms with Crippen LogP contribution in [0.4, 0.5) is 0 Å². The molecule has 0 aliphatic carbocycles. The Labute approximate surface area is 116 Å². The molecule has 0 radical (unpaired) electrons. The van der Waals surface area contributed by atoms with Crippen LogP contribution in [0.3, 0.4) is 0 Å². The number of hydrogen-bond donors (Lipinski definition) is 2. The first-order valence-corrected chi connectivity index (χ1v) is 6.30. The van der Waals surface area contributed by atoms with Gasteiger partial charge in [-0.2, -0.15) is 0 Å². The number of hydrogen-bond acceptors (Lipinski definition) is 4. The summed E-state index contributed by atoms with van der Waals surface area (Å²) in [7, 11) is 1.50. The van der Waals surface area contributed by atoms with Crippen LogP contribution < -0.4 is 0 Å². The van der Waals surface area contributed by atoms with Gasteiger partial charge in [-0.05, 0) is 30.7 Å². The molecule has 1 aliphatic heterocycles. The number of carboxylic acid groups (broad SMARTS) is 1. The summed E-state index contributed by atoms with van der Waals surface area (Å²) < 4.78 is 5.15. The number of aliphatic carboxylic acids is 1. The van der Waals surface area contributed by atoms with Crippen molar-refractivity contribution in [2.75, 3.05) is 13.7 Å². The highest BCUT2D eigenvalue weighted by Crippen LogP contribution is 2.24. The number of carboxylic acids is 1. The Morgan fingerprint density at radius 3 is 2.65 bits per heavy atom. The molecule has 0 spiro atoms. The van der Waals surface area contributed by atoms with Crippen molar-refractivity contribution in [3.8, 4) is 5.75 Å². The van der Waals surface area contributed by atoms with Crippen molar-refractivity contribution >= 4 is 11.9 Å². The van der Waals surface area contributed by atoms with Gasteiger partial charge in [0.05, 0.1) is 6.10 Å². The molecule has 1 heterocycles. The highest BCUT2D eigenvalue weighted by atomic mass is 16.5. The third kappa shape index (κ3) is 2.60. The van der Waals surface area contributed by atoms with Gasteiger partial charge in [-0.1, -0.05) is 0 Å². The van der Waals surface area contributed by atoms with Crippen molar-refractivity contribution in [2.24, 2.45) is 0 Å². The van der Waals surface area contributed by atoms with E-state index in [9.17, 15) is 19.8 Å². The largest absolute Gasteiger partial charge is 0.508 e. The van der Waals surface area contributed by atoms with Crippen molar-refractivity contribution in [1.29, 1.82) is 0 Å². The van der Waals surface area contributed by atoms with E-state index >= 15 is 0 Å². The van der Waals surface area contributed by atoms with E-state index < -0.39 is 12.0 Å². The molecule has 1 aromatic rings. The summed E-state index contributed by atoms with van der Waals surface area (Å²) in [6.07, 6.45) is 0.0209. The molecule has 0 saturated carbocycles. The second-order valence-corrected chi connectivity index (χ2v) is 4.91. The van der Waals surface area contributed by atoms with Crippen molar-refractivity contribution < 1.29 is 24.5 Å². The monoisotopic (exact) mass is 279 g/mol. The summed E-state index contributed by atoms with van der Waals surface area (Å²) in [6, 6.07) is 3.60. The summed E-state index contributed by atoms with van der Waals surface area (Å²) in [4.78, 5) is 25.0. The molecule has 2 unspecified atom stereocenters. The van der Waals surface area contributed by atoms with Crippen LogP contribution >= 0.6 is 0 Å². The fourth-order valence-corrected chi connectivity index (χ4v) is 2.38. The van der Waals surface area contributed by atoms with E-state index in [0.29, 0.717) is 11.1 Å². The van der Waals surface area contributed by atoms with E-state index in [1.54, 1.807) is 13.0 Å². The van der Waals surface area contributed by atoms with Gasteiger partial charge in [-0.3, -0.25) is 4.79 Å². The van der Waals surface area contributed by atoms with E-state index in [1.807, 2.05) is 0 Å². The molecule has 20 heavy (non-hydrogen) atoms. The van der Waals surface area contributed by atoms with Gasteiger partial charge >= 0.3 is 5.97 Å². The molecule has 0 aromatic heterocycles. The number of phenolic OH excluding ortho intramolecular Hbond substituents is 1. The second kappa shape index (κ2) is 5.50. The van der Waals surface area contributed by atoms with Gasteiger partial charge in [0.2, 0.25) is 0 Å². The Balaban J connectivity index is 2.26. The lowest BCUT2D eigenvalue weighted by atomic mass is 10.1. The zero-order valence-electron chi connectivity index (χ0n) is 11.4. The third-order valence-electron chi connectivity index (χ3n) is 3.59. The Morgan fingerprint density at radius 2 is 2.10 bits per heavy atom. The lowest BCUT2D eigenvalue weighted by Crippen LogP contribution is -2.40. The number of benzene rings is 1. The maximum absolute atomic E-state index is 12.4. The normalized spacial score (nSPS) is 22.0. The molecular formula is C14H17NO5. The van der Waals surface area contributed by atoms with Crippen LogP contribution in [0.25, 0.3) is 0 Å². The molecule has 2 atom stereocenters. The molecule has 2 N–H and O–H groups in total. The van der Waals surface area contributed by atoms with E-state index in [2.05, 4.69) is 0 Å². The number of ether oxygens (including phenoxy) is 1. The predicted octanol–water partition coefficient (Wildman–Crippen LogP) is 1.01. The van der Waals surface area contributed by atoms with Crippen LogP contribution in [-0.2, 0) is 9.53 Å². The number of aryl methyl sites for hydroxylation is 1. The standard InChI is InChI=1S/C14H17NO5/c1-8-5-9(3-4-12(8)16)13(17)15-7-10(20-2)6-11(15)14(18)19/h3-5,10-11,16H,6-7H2,1-2H3,(H,18,19). The quantitative estimate of drug-likeness (QED) is 0.862. The highest BCUT2D eigenvalue weighted by molar-refractivity contribution is 5.97. The fourth-order valence-electron chi connectivity index (χ4n) is 2.38. The van der Waals surface area contributed by atoms with Crippen molar-refractivity contribution in [1.82, 2.24) is 4.90 Å². The molecule has 1 amide bonds. The molecule has 108 valence electrons. The Morgan fingerprint density at radius 1 is 1.40 bits per heavy atom. The van der Waals surface area contributed by atoms with Gasteiger partial charge in [0.15, 0.2) is 0 Å². The second-order valence-electron chi connectivity index (χ2n) is 4.91. The van der Waals surface area contributed by atoms with Crippen LogP contribution in [0.2, 0.25) is 0 Å². The summed E-state index contributed by atoms with van der Waals surface area (Å²) in [5, 5.41) is 18.7. The molecule has 1 fully saturated rings.